The number of nitrogens with one attached hydrogen (secondary N) is 2. The number of hydrogen-bond acceptors (Lipinski definition) is 6. The van der Waals surface area contributed by atoms with Crippen LogP contribution >= 0.6 is 11.6 Å². The third-order valence-corrected chi connectivity index (χ3v) is 2.92. The quantitative estimate of drug-likeness (QED) is 0.759. The Kier molecular flexibility index (Phi) is 4.93. The van der Waals surface area contributed by atoms with Gasteiger partial charge in [-0.2, -0.15) is 15.0 Å². The highest BCUT2D eigenvalue weighted by atomic mass is 35.5. The lowest BCUT2D eigenvalue weighted by molar-refractivity contribution is 0.233. The van der Waals surface area contributed by atoms with Gasteiger partial charge < -0.3 is 15.7 Å². The molecule has 0 aliphatic carbocycles. The minimum atomic E-state index is -0.540. The van der Waals surface area contributed by atoms with Gasteiger partial charge in [-0.1, -0.05) is 30.3 Å². The maximum Gasteiger partial charge on any atom is 0.229 e. The van der Waals surface area contributed by atoms with Gasteiger partial charge in [-0.15, -0.1) is 0 Å². The van der Waals surface area contributed by atoms with Gasteiger partial charge in [0.15, 0.2) is 0 Å². The average molecular weight is 308 g/mol. The van der Waals surface area contributed by atoms with Gasteiger partial charge in [0.1, 0.15) is 0 Å². The first-order valence-electron chi connectivity index (χ1n) is 6.57. The molecule has 2 rings (SSSR count). The summed E-state index contributed by atoms with van der Waals surface area (Å²) in [7, 11) is 0. The summed E-state index contributed by atoms with van der Waals surface area (Å²) in [5.41, 5.74) is 0.570. The van der Waals surface area contributed by atoms with Crippen LogP contribution in [0.3, 0.4) is 0 Å². The number of aromatic nitrogens is 3. The van der Waals surface area contributed by atoms with Crippen LogP contribution in [-0.4, -0.2) is 32.2 Å². The van der Waals surface area contributed by atoms with E-state index in [4.69, 9.17) is 11.6 Å². The molecule has 0 unspecified atom stereocenters. The Hall–Kier alpha value is -1.92. The lowest BCUT2D eigenvalue weighted by Gasteiger charge is -2.23. The molecule has 0 fully saturated rings. The zero-order valence-electron chi connectivity index (χ0n) is 12.0. The van der Waals surface area contributed by atoms with E-state index in [-0.39, 0.29) is 11.9 Å². The minimum Gasteiger partial charge on any atom is -0.394 e. The molecule has 21 heavy (non-hydrogen) atoms. The van der Waals surface area contributed by atoms with Crippen molar-refractivity contribution in [2.45, 2.75) is 25.9 Å². The Morgan fingerprint density at radius 3 is 2.43 bits per heavy atom. The Morgan fingerprint density at radius 1 is 1.10 bits per heavy atom. The van der Waals surface area contributed by atoms with Gasteiger partial charge >= 0.3 is 0 Å². The second-order valence-electron chi connectivity index (χ2n) is 5.26. The molecule has 0 aliphatic rings. The van der Waals surface area contributed by atoms with Crippen molar-refractivity contribution in [2.75, 3.05) is 17.2 Å². The third kappa shape index (κ3) is 4.84. The molecule has 6 nitrogen and oxygen atoms in total. The molecule has 0 bridgehead atoms. The van der Waals surface area contributed by atoms with Crippen molar-refractivity contribution in [2.24, 2.45) is 0 Å². The van der Waals surface area contributed by atoms with Gasteiger partial charge in [0.25, 0.3) is 0 Å². The topological polar surface area (TPSA) is 83.0 Å². The van der Waals surface area contributed by atoms with Crippen LogP contribution < -0.4 is 10.6 Å². The summed E-state index contributed by atoms with van der Waals surface area (Å²) in [5, 5.41) is 15.5. The maximum atomic E-state index is 9.26. The van der Waals surface area contributed by atoms with Crippen molar-refractivity contribution in [1.29, 1.82) is 0 Å². The summed E-state index contributed by atoms with van der Waals surface area (Å²) in [4.78, 5) is 12.3. The van der Waals surface area contributed by atoms with Gasteiger partial charge in [0.2, 0.25) is 17.2 Å². The SMILES string of the molecule is CC(C)(CO)Nc1nc(Cl)nc(NCc2ccccc2)n1. The average Bonchev–Trinajstić information content (AvgIpc) is 2.45. The Bertz CT molecular complexity index is 591. The van der Waals surface area contributed by atoms with Crippen molar-refractivity contribution >= 4 is 23.5 Å². The first-order valence-corrected chi connectivity index (χ1v) is 6.95. The fourth-order valence-corrected chi connectivity index (χ4v) is 1.76. The molecule has 0 saturated carbocycles. The molecule has 0 radical (unpaired) electrons. The molecule has 3 N–H and O–H groups in total. The molecular weight excluding hydrogens is 290 g/mol. The molecule has 0 amide bonds. The highest BCUT2D eigenvalue weighted by Crippen LogP contribution is 2.15. The summed E-state index contributed by atoms with van der Waals surface area (Å²) < 4.78 is 0. The molecule has 0 spiro atoms. The van der Waals surface area contributed by atoms with Crippen LogP contribution in [0.15, 0.2) is 30.3 Å². The molecule has 0 atom stereocenters. The molecular formula is C14H18ClN5O. The summed E-state index contributed by atoms with van der Waals surface area (Å²) in [5.74, 6) is 0.708. The van der Waals surface area contributed by atoms with Crippen LogP contribution in [0.5, 0.6) is 0 Å². The predicted octanol–water partition coefficient (Wildman–Crippen LogP) is 2.32. The predicted molar refractivity (Wildman–Crippen MR) is 83.4 cm³/mol. The number of rotatable bonds is 6. The third-order valence-electron chi connectivity index (χ3n) is 2.75. The molecule has 112 valence electrons. The lowest BCUT2D eigenvalue weighted by Crippen LogP contribution is -2.35. The fourth-order valence-electron chi connectivity index (χ4n) is 1.60. The first-order chi connectivity index (χ1) is 9.98. The van der Waals surface area contributed by atoms with Crippen LogP contribution in [0, 0.1) is 0 Å². The highest BCUT2D eigenvalue weighted by Gasteiger charge is 2.18. The largest absolute Gasteiger partial charge is 0.394 e. The molecule has 2 aromatic rings. The standard InChI is InChI=1S/C14H18ClN5O/c1-14(2,9-21)20-13-18-11(15)17-12(19-13)16-8-10-6-4-3-5-7-10/h3-7,21H,8-9H2,1-2H3,(H2,16,17,18,19,20). The van der Waals surface area contributed by atoms with Crippen molar-refractivity contribution in [1.82, 2.24) is 15.0 Å². The van der Waals surface area contributed by atoms with E-state index in [0.29, 0.717) is 18.4 Å². The number of aliphatic hydroxyl groups is 1. The van der Waals surface area contributed by atoms with Gasteiger partial charge in [-0.05, 0) is 31.0 Å². The Labute approximate surface area is 128 Å². The van der Waals surface area contributed by atoms with Gasteiger partial charge in [0.05, 0.1) is 12.1 Å². The lowest BCUT2D eigenvalue weighted by atomic mass is 10.1. The molecule has 1 aromatic carbocycles. The number of aliphatic hydroxyl groups excluding tert-OH is 1. The smallest absolute Gasteiger partial charge is 0.229 e. The second kappa shape index (κ2) is 6.69. The molecule has 1 heterocycles. The van der Waals surface area contributed by atoms with E-state index in [1.807, 2.05) is 44.2 Å². The van der Waals surface area contributed by atoms with Gasteiger partial charge in [-0.25, -0.2) is 0 Å². The molecule has 1 aromatic heterocycles. The van der Waals surface area contributed by atoms with E-state index in [2.05, 4.69) is 25.6 Å². The van der Waals surface area contributed by atoms with Crippen molar-refractivity contribution in [3.8, 4) is 0 Å². The highest BCUT2D eigenvalue weighted by molar-refractivity contribution is 6.28. The Balaban J connectivity index is 2.08. The number of anilines is 2. The maximum absolute atomic E-state index is 9.26. The zero-order chi connectivity index (χ0) is 15.3. The van der Waals surface area contributed by atoms with Crippen LogP contribution in [0.25, 0.3) is 0 Å². The first kappa shape index (κ1) is 15.5. The molecule has 0 saturated heterocycles. The number of nitrogens with zero attached hydrogens (tertiary/aromatic N) is 3. The summed E-state index contributed by atoms with van der Waals surface area (Å²) in [6, 6.07) is 9.90. The van der Waals surface area contributed by atoms with E-state index in [0.717, 1.165) is 5.56 Å². The fraction of sp³-hybridized carbons (Fsp3) is 0.357. The minimum absolute atomic E-state index is 0.0525. The molecule has 0 aliphatic heterocycles. The summed E-state index contributed by atoms with van der Waals surface area (Å²) in [6.07, 6.45) is 0. The van der Waals surface area contributed by atoms with E-state index >= 15 is 0 Å². The number of benzene rings is 1. The summed E-state index contributed by atoms with van der Waals surface area (Å²) in [6.45, 7) is 4.20. The van der Waals surface area contributed by atoms with Crippen LogP contribution in [0.4, 0.5) is 11.9 Å². The van der Waals surface area contributed by atoms with Crippen LogP contribution in [-0.2, 0) is 6.54 Å². The van der Waals surface area contributed by atoms with Gasteiger partial charge in [-0.3, -0.25) is 0 Å². The van der Waals surface area contributed by atoms with E-state index < -0.39 is 5.54 Å². The van der Waals surface area contributed by atoms with Crippen molar-refractivity contribution in [3.05, 3.63) is 41.2 Å². The van der Waals surface area contributed by atoms with Gasteiger partial charge in [0, 0.05) is 6.54 Å². The zero-order valence-corrected chi connectivity index (χ0v) is 12.7. The van der Waals surface area contributed by atoms with E-state index in [9.17, 15) is 5.11 Å². The van der Waals surface area contributed by atoms with E-state index in [1.165, 1.54) is 0 Å². The van der Waals surface area contributed by atoms with Crippen molar-refractivity contribution in [3.63, 3.8) is 0 Å². The second-order valence-corrected chi connectivity index (χ2v) is 5.60. The number of halogens is 1. The van der Waals surface area contributed by atoms with Crippen LogP contribution in [0.1, 0.15) is 19.4 Å². The Morgan fingerprint density at radius 2 is 1.76 bits per heavy atom. The summed E-state index contributed by atoms with van der Waals surface area (Å²) >= 11 is 5.90. The normalized spacial score (nSPS) is 11.2. The monoisotopic (exact) mass is 307 g/mol. The molecule has 7 heteroatoms. The van der Waals surface area contributed by atoms with Crippen LogP contribution in [0.2, 0.25) is 5.28 Å². The number of hydrogen-bond donors (Lipinski definition) is 3. The van der Waals surface area contributed by atoms with Crippen molar-refractivity contribution < 1.29 is 5.11 Å². The van der Waals surface area contributed by atoms with E-state index in [1.54, 1.807) is 0 Å².